The highest BCUT2D eigenvalue weighted by molar-refractivity contribution is 6.40. The van der Waals surface area contributed by atoms with Gasteiger partial charge in [0, 0.05) is 23.7 Å². The Hall–Kier alpha value is -2.44. The van der Waals surface area contributed by atoms with Gasteiger partial charge in [0.15, 0.2) is 11.6 Å². The SMILES string of the molecule is O=C(Nc1c[nH]c2cc(F)c(F)cc12)C(=O)N[C@H]1CCC2(CCCC2)C1. The van der Waals surface area contributed by atoms with Crippen LogP contribution in [0.5, 0.6) is 0 Å². The average Bonchev–Trinajstić information content (AvgIpc) is 3.32. The van der Waals surface area contributed by atoms with Gasteiger partial charge in [-0.2, -0.15) is 0 Å². The maximum absolute atomic E-state index is 13.4. The van der Waals surface area contributed by atoms with Crippen molar-refractivity contribution >= 4 is 28.4 Å². The summed E-state index contributed by atoms with van der Waals surface area (Å²) in [5, 5.41) is 5.61. The molecule has 2 aliphatic rings. The number of aromatic nitrogens is 1. The zero-order valence-corrected chi connectivity index (χ0v) is 14.3. The van der Waals surface area contributed by atoms with Crippen molar-refractivity contribution in [3.05, 3.63) is 30.0 Å². The number of aromatic amines is 1. The zero-order chi connectivity index (χ0) is 18.3. The van der Waals surface area contributed by atoms with Gasteiger partial charge in [0.1, 0.15) is 0 Å². The Morgan fingerprint density at radius 1 is 1.08 bits per heavy atom. The van der Waals surface area contributed by atoms with Crippen molar-refractivity contribution in [2.45, 2.75) is 51.0 Å². The van der Waals surface area contributed by atoms with E-state index in [1.54, 1.807) is 0 Å². The maximum Gasteiger partial charge on any atom is 0.313 e. The fourth-order valence-electron chi connectivity index (χ4n) is 4.56. The highest BCUT2D eigenvalue weighted by Crippen LogP contribution is 2.50. The number of halogens is 2. The Morgan fingerprint density at radius 2 is 1.81 bits per heavy atom. The van der Waals surface area contributed by atoms with E-state index in [-0.39, 0.29) is 11.7 Å². The van der Waals surface area contributed by atoms with Crippen LogP contribution in [-0.4, -0.2) is 22.8 Å². The van der Waals surface area contributed by atoms with E-state index in [2.05, 4.69) is 15.6 Å². The van der Waals surface area contributed by atoms with Crippen molar-refractivity contribution in [1.82, 2.24) is 10.3 Å². The van der Waals surface area contributed by atoms with Gasteiger partial charge >= 0.3 is 11.8 Å². The van der Waals surface area contributed by atoms with Gasteiger partial charge in [-0.05, 0) is 43.6 Å². The van der Waals surface area contributed by atoms with E-state index in [9.17, 15) is 18.4 Å². The number of H-pyrrole nitrogens is 1. The number of rotatable bonds is 2. The molecule has 5 nitrogen and oxygen atoms in total. The van der Waals surface area contributed by atoms with Crippen LogP contribution in [0.1, 0.15) is 44.9 Å². The molecule has 7 heteroatoms. The second kappa shape index (κ2) is 6.37. The molecule has 0 unspecified atom stereocenters. The first kappa shape index (κ1) is 17.0. The number of carbonyl (C=O) groups excluding carboxylic acids is 2. The van der Waals surface area contributed by atoms with Crippen LogP contribution in [0.25, 0.3) is 10.9 Å². The van der Waals surface area contributed by atoms with Crippen LogP contribution in [0.15, 0.2) is 18.3 Å². The Kier molecular flexibility index (Phi) is 4.17. The highest BCUT2D eigenvalue weighted by Gasteiger charge is 2.41. The molecule has 0 aliphatic heterocycles. The fraction of sp³-hybridized carbons (Fsp3) is 0.474. The van der Waals surface area contributed by atoms with Crippen LogP contribution in [0, 0.1) is 17.0 Å². The van der Waals surface area contributed by atoms with E-state index >= 15 is 0 Å². The lowest BCUT2D eigenvalue weighted by Gasteiger charge is -2.22. The molecule has 0 bridgehead atoms. The third-order valence-electron chi connectivity index (χ3n) is 5.88. The summed E-state index contributed by atoms with van der Waals surface area (Å²) in [6.45, 7) is 0. The van der Waals surface area contributed by atoms with Crippen molar-refractivity contribution in [3.63, 3.8) is 0 Å². The van der Waals surface area contributed by atoms with Crippen molar-refractivity contribution in [1.29, 1.82) is 0 Å². The third-order valence-corrected chi connectivity index (χ3v) is 5.88. The van der Waals surface area contributed by atoms with Crippen LogP contribution < -0.4 is 10.6 Å². The highest BCUT2D eigenvalue weighted by atomic mass is 19.2. The molecule has 2 aromatic rings. The first-order chi connectivity index (χ1) is 12.5. The van der Waals surface area contributed by atoms with E-state index in [0.29, 0.717) is 16.3 Å². The quantitative estimate of drug-likeness (QED) is 0.715. The minimum absolute atomic E-state index is 0.0286. The molecule has 26 heavy (non-hydrogen) atoms. The normalized spacial score (nSPS) is 21.4. The molecular weight excluding hydrogens is 340 g/mol. The molecule has 3 N–H and O–H groups in total. The Labute approximate surface area is 149 Å². The van der Waals surface area contributed by atoms with E-state index in [1.807, 2.05) is 0 Å². The van der Waals surface area contributed by atoms with Crippen molar-refractivity contribution in [2.75, 3.05) is 5.32 Å². The Balaban J connectivity index is 1.40. The molecule has 2 amide bonds. The Morgan fingerprint density at radius 3 is 2.58 bits per heavy atom. The van der Waals surface area contributed by atoms with Gasteiger partial charge in [-0.1, -0.05) is 12.8 Å². The number of anilines is 1. The zero-order valence-electron chi connectivity index (χ0n) is 14.3. The molecule has 2 fully saturated rings. The number of benzene rings is 1. The van der Waals surface area contributed by atoms with Gasteiger partial charge in [-0.15, -0.1) is 0 Å². The van der Waals surface area contributed by atoms with E-state index in [1.165, 1.54) is 31.9 Å². The minimum Gasteiger partial charge on any atom is -0.359 e. The van der Waals surface area contributed by atoms with E-state index in [4.69, 9.17) is 0 Å². The molecule has 1 heterocycles. The second-order valence-electron chi connectivity index (χ2n) is 7.59. The lowest BCUT2D eigenvalue weighted by atomic mass is 9.84. The van der Waals surface area contributed by atoms with Gasteiger partial charge < -0.3 is 15.6 Å². The molecule has 138 valence electrons. The summed E-state index contributed by atoms with van der Waals surface area (Å²) >= 11 is 0. The molecule has 2 aliphatic carbocycles. The minimum atomic E-state index is -1.01. The van der Waals surface area contributed by atoms with Crippen LogP contribution in [-0.2, 0) is 9.59 Å². The number of fused-ring (bicyclic) bond motifs is 1. The first-order valence-electron chi connectivity index (χ1n) is 9.04. The number of nitrogens with one attached hydrogen (secondary N) is 3. The Bertz CT molecular complexity index is 871. The molecular formula is C19H21F2N3O2. The van der Waals surface area contributed by atoms with Gasteiger partial charge in [0.05, 0.1) is 11.2 Å². The predicted octanol–water partition coefficient (Wildman–Crippen LogP) is 3.61. The van der Waals surface area contributed by atoms with Crippen molar-refractivity contribution in [2.24, 2.45) is 5.41 Å². The van der Waals surface area contributed by atoms with Gasteiger partial charge in [0.2, 0.25) is 0 Å². The number of amides is 2. The van der Waals surface area contributed by atoms with E-state index in [0.717, 1.165) is 31.4 Å². The van der Waals surface area contributed by atoms with E-state index < -0.39 is 23.4 Å². The third kappa shape index (κ3) is 3.06. The van der Waals surface area contributed by atoms with Crippen LogP contribution >= 0.6 is 0 Å². The standard InChI is InChI=1S/C19H21F2N3O2/c20-13-7-12-15(8-14(13)21)22-10-16(12)24-18(26)17(25)23-11-3-6-19(9-11)4-1-2-5-19/h7-8,10-11,22H,1-6,9H2,(H,23,25)(H,24,26)/t11-/m0/s1. The first-order valence-corrected chi connectivity index (χ1v) is 9.04. The molecule has 1 atom stereocenters. The summed E-state index contributed by atoms with van der Waals surface area (Å²) in [5.41, 5.74) is 0.948. The molecule has 0 saturated heterocycles. The second-order valence-corrected chi connectivity index (χ2v) is 7.59. The van der Waals surface area contributed by atoms with Crippen LogP contribution in [0.3, 0.4) is 0 Å². The van der Waals surface area contributed by atoms with Crippen LogP contribution in [0.4, 0.5) is 14.5 Å². The molecule has 0 radical (unpaired) electrons. The van der Waals surface area contributed by atoms with Gasteiger partial charge in [-0.25, -0.2) is 8.78 Å². The smallest absolute Gasteiger partial charge is 0.313 e. The lowest BCUT2D eigenvalue weighted by molar-refractivity contribution is -0.136. The molecule has 1 spiro atoms. The van der Waals surface area contributed by atoms with Crippen molar-refractivity contribution in [3.8, 4) is 0 Å². The predicted molar refractivity (Wildman–Crippen MR) is 93.5 cm³/mol. The van der Waals surface area contributed by atoms with Crippen LogP contribution in [0.2, 0.25) is 0 Å². The molecule has 2 saturated carbocycles. The summed E-state index contributed by atoms with van der Waals surface area (Å²) in [7, 11) is 0. The van der Waals surface area contributed by atoms with Crippen molar-refractivity contribution < 1.29 is 18.4 Å². The molecule has 1 aromatic carbocycles. The number of hydrogen-bond acceptors (Lipinski definition) is 2. The number of carbonyl (C=O) groups is 2. The molecule has 4 rings (SSSR count). The summed E-state index contributed by atoms with van der Waals surface area (Å²) < 4.78 is 26.7. The topological polar surface area (TPSA) is 74.0 Å². The molecule has 1 aromatic heterocycles. The summed E-state index contributed by atoms with van der Waals surface area (Å²) in [4.78, 5) is 27.2. The summed E-state index contributed by atoms with van der Waals surface area (Å²) in [6.07, 6.45) is 9.27. The lowest BCUT2D eigenvalue weighted by Crippen LogP contribution is -2.41. The monoisotopic (exact) mass is 361 g/mol. The fourth-order valence-corrected chi connectivity index (χ4v) is 4.56. The summed E-state index contributed by atoms with van der Waals surface area (Å²) in [6, 6.07) is 2.04. The summed E-state index contributed by atoms with van der Waals surface area (Å²) in [5.74, 6) is -3.48. The largest absolute Gasteiger partial charge is 0.359 e. The van der Waals surface area contributed by atoms with Gasteiger partial charge in [-0.3, -0.25) is 9.59 Å². The average molecular weight is 361 g/mol. The van der Waals surface area contributed by atoms with Gasteiger partial charge in [0.25, 0.3) is 0 Å². The maximum atomic E-state index is 13.4. The number of hydrogen-bond donors (Lipinski definition) is 3.